The minimum atomic E-state index is 0.174. The summed E-state index contributed by atoms with van der Waals surface area (Å²) in [6, 6.07) is 15.7. The molecule has 1 aliphatic rings. The molecule has 4 rings (SSSR count). The smallest absolute Gasteiger partial charge is 0.232 e. The predicted octanol–water partition coefficient (Wildman–Crippen LogP) is 4.02. The number of ether oxygens (including phenoxy) is 1. The lowest BCUT2D eigenvalue weighted by molar-refractivity contribution is -0.127. The summed E-state index contributed by atoms with van der Waals surface area (Å²) in [4.78, 5) is 23.9. The van der Waals surface area contributed by atoms with E-state index in [1.165, 1.54) is 11.8 Å². The van der Waals surface area contributed by atoms with Crippen LogP contribution in [0.3, 0.4) is 0 Å². The van der Waals surface area contributed by atoms with E-state index in [4.69, 9.17) is 14.7 Å². The van der Waals surface area contributed by atoms with Gasteiger partial charge >= 0.3 is 0 Å². The minimum Gasteiger partial charge on any atom is -0.497 e. The van der Waals surface area contributed by atoms with E-state index in [1.54, 1.807) is 7.11 Å². The molecule has 3 aromatic rings. The summed E-state index contributed by atoms with van der Waals surface area (Å²) in [6.45, 7) is 1.74. The summed E-state index contributed by atoms with van der Waals surface area (Å²) in [5, 5.41) is 1.72. The Bertz CT molecular complexity index is 956. The van der Waals surface area contributed by atoms with Crippen LogP contribution in [0.4, 0.5) is 0 Å². The summed E-state index contributed by atoms with van der Waals surface area (Å²) >= 11 is 1.48. The molecule has 0 N–H and O–H groups in total. The van der Waals surface area contributed by atoms with Crippen LogP contribution >= 0.6 is 11.8 Å². The molecule has 2 heterocycles. The summed E-state index contributed by atoms with van der Waals surface area (Å²) in [5.74, 6) is 1.99. The van der Waals surface area contributed by atoms with Gasteiger partial charge in [0.15, 0.2) is 5.82 Å². The van der Waals surface area contributed by atoms with E-state index < -0.39 is 0 Å². The lowest BCUT2D eigenvalue weighted by atomic mass is 10.2. The first-order chi connectivity index (χ1) is 13.2. The van der Waals surface area contributed by atoms with Gasteiger partial charge in [0.2, 0.25) is 5.91 Å². The van der Waals surface area contributed by atoms with Crippen LogP contribution in [0.1, 0.15) is 12.8 Å². The normalized spacial score (nSPS) is 13.9. The molecule has 2 aromatic carbocycles. The number of methoxy groups -OCH3 is 1. The molecule has 5 nitrogen and oxygen atoms in total. The molecular formula is C21H21N3O2S. The minimum absolute atomic E-state index is 0.174. The van der Waals surface area contributed by atoms with Crippen LogP contribution in [0.15, 0.2) is 53.6 Å². The van der Waals surface area contributed by atoms with Gasteiger partial charge in [-0.2, -0.15) is 0 Å². The monoisotopic (exact) mass is 379 g/mol. The molecule has 1 amide bonds. The zero-order chi connectivity index (χ0) is 18.6. The van der Waals surface area contributed by atoms with Crippen molar-refractivity contribution in [3.63, 3.8) is 0 Å². The van der Waals surface area contributed by atoms with Crippen LogP contribution in [-0.2, 0) is 4.79 Å². The van der Waals surface area contributed by atoms with Crippen molar-refractivity contribution in [1.82, 2.24) is 14.9 Å². The van der Waals surface area contributed by atoms with Crippen molar-refractivity contribution >= 4 is 28.6 Å². The number of amides is 1. The molecular weight excluding hydrogens is 358 g/mol. The average molecular weight is 379 g/mol. The fourth-order valence-corrected chi connectivity index (χ4v) is 4.13. The molecule has 0 atom stereocenters. The molecule has 0 radical (unpaired) electrons. The molecule has 6 heteroatoms. The number of carbonyl (C=O) groups is 1. The summed E-state index contributed by atoms with van der Waals surface area (Å²) in [6.07, 6.45) is 2.20. The molecule has 0 aliphatic carbocycles. The van der Waals surface area contributed by atoms with Crippen molar-refractivity contribution in [2.75, 3.05) is 26.0 Å². The highest BCUT2D eigenvalue weighted by molar-refractivity contribution is 8.00. The zero-order valence-corrected chi connectivity index (χ0v) is 16.0. The molecule has 1 aromatic heterocycles. The molecule has 0 unspecified atom stereocenters. The lowest BCUT2D eigenvalue weighted by Gasteiger charge is -2.15. The Morgan fingerprint density at radius 1 is 1.11 bits per heavy atom. The third-order valence-electron chi connectivity index (χ3n) is 4.69. The van der Waals surface area contributed by atoms with Gasteiger partial charge in [0, 0.05) is 24.0 Å². The van der Waals surface area contributed by atoms with Crippen molar-refractivity contribution in [1.29, 1.82) is 0 Å². The second kappa shape index (κ2) is 7.96. The zero-order valence-electron chi connectivity index (χ0n) is 15.2. The van der Waals surface area contributed by atoms with Crippen molar-refractivity contribution in [2.24, 2.45) is 0 Å². The van der Waals surface area contributed by atoms with Gasteiger partial charge < -0.3 is 9.64 Å². The average Bonchev–Trinajstić information content (AvgIpc) is 3.27. The van der Waals surface area contributed by atoms with Gasteiger partial charge in [-0.1, -0.05) is 42.1 Å². The molecule has 0 spiro atoms. The molecule has 1 aliphatic heterocycles. The van der Waals surface area contributed by atoms with Crippen LogP contribution in [0, 0.1) is 0 Å². The second-order valence-electron chi connectivity index (χ2n) is 6.48. The van der Waals surface area contributed by atoms with Crippen LogP contribution in [0.25, 0.3) is 22.3 Å². The van der Waals surface area contributed by atoms with Gasteiger partial charge in [-0.3, -0.25) is 4.79 Å². The van der Waals surface area contributed by atoms with Crippen LogP contribution in [0.2, 0.25) is 0 Å². The van der Waals surface area contributed by atoms with E-state index >= 15 is 0 Å². The van der Waals surface area contributed by atoms with Crippen LogP contribution < -0.4 is 4.74 Å². The summed E-state index contributed by atoms with van der Waals surface area (Å²) < 4.78 is 5.36. The van der Waals surface area contributed by atoms with E-state index in [0.29, 0.717) is 11.6 Å². The first kappa shape index (κ1) is 17.8. The van der Waals surface area contributed by atoms with Gasteiger partial charge in [0.25, 0.3) is 0 Å². The number of hydrogen-bond donors (Lipinski definition) is 0. The number of likely N-dealkylation sites (tertiary alicyclic amines) is 1. The highest BCUT2D eigenvalue weighted by Crippen LogP contribution is 2.31. The first-order valence-corrected chi connectivity index (χ1v) is 10.0. The standard InChI is InChI=1S/C21H21N3O2S/c1-26-16-9-10-18-17(13-16)21(27-14-19(25)24-11-5-6-12-24)23-20(22-18)15-7-3-2-4-8-15/h2-4,7-10,13H,5-6,11-12,14H2,1H3. The van der Waals surface area contributed by atoms with Crippen molar-refractivity contribution in [2.45, 2.75) is 17.9 Å². The number of rotatable bonds is 5. The van der Waals surface area contributed by atoms with Gasteiger partial charge in [-0.05, 0) is 31.0 Å². The molecule has 27 heavy (non-hydrogen) atoms. The Kier molecular flexibility index (Phi) is 5.25. The van der Waals surface area contributed by atoms with E-state index in [-0.39, 0.29) is 5.91 Å². The Labute approximate surface area is 162 Å². The molecule has 138 valence electrons. The Morgan fingerprint density at radius 3 is 2.63 bits per heavy atom. The summed E-state index contributed by atoms with van der Waals surface area (Å²) in [7, 11) is 1.64. The predicted molar refractivity (Wildman–Crippen MR) is 108 cm³/mol. The maximum Gasteiger partial charge on any atom is 0.232 e. The fraction of sp³-hybridized carbons (Fsp3) is 0.286. The number of nitrogens with zero attached hydrogens (tertiary/aromatic N) is 3. The first-order valence-electron chi connectivity index (χ1n) is 9.06. The van der Waals surface area contributed by atoms with Crippen LogP contribution in [0.5, 0.6) is 5.75 Å². The molecule has 1 saturated heterocycles. The Morgan fingerprint density at radius 2 is 1.89 bits per heavy atom. The highest BCUT2D eigenvalue weighted by Gasteiger charge is 2.19. The lowest BCUT2D eigenvalue weighted by Crippen LogP contribution is -2.29. The highest BCUT2D eigenvalue weighted by atomic mass is 32.2. The Hall–Kier alpha value is -2.60. The number of hydrogen-bond acceptors (Lipinski definition) is 5. The largest absolute Gasteiger partial charge is 0.497 e. The van der Waals surface area contributed by atoms with E-state index in [9.17, 15) is 4.79 Å². The third kappa shape index (κ3) is 3.90. The number of carbonyl (C=O) groups excluding carboxylic acids is 1. The SMILES string of the molecule is COc1ccc2nc(-c3ccccc3)nc(SCC(=O)N3CCCC3)c2c1. The molecule has 0 saturated carbocycles. The van der Waals surface area contributed by atoms with Gasteiger partial charge in [-0.15, -0.1) is 0 Å². The third-order valence-corrected chi connectivity index (χ3v) is 5.67. The van der Waals surface area contributed by atoms with Gasteiger partial charge in [0.1, 0.15) is 10.8 Å². The topological polar surface area (TPSA) is 55.3 Å². The quantitative estimate of drug-likeness (QED) is 0.495. The molecule has 0 bridgehead atoms. The van der Waals surface area contributed by atoms with E-state index in [1.807, 2.05) is 53.4 Å². The number of aromatic nitrogens is 2. The number of thioether (sulfide) groups is 1. The van der Waals surface area contributed by atoms with E-state index in [2.05, 4.69) is 0 Å². The van der Waals surface area contributed by atoms with Crippen molar-refractivity contribution in [3.8, 4) is 17.1 Å². The molecule has 1 fully saturated rings. The maximum absolute atomic E-state index is 12.5. The van der Waals surface area contributed by atoms with E-state index in [0.717, 1.165) is 53.2 Å². The van der Waals surface area contributed by atoms with Gasteiger partial charge in [-0.25, -0.2) is 9.97 Å². The number of fused-ring (bicyclic) bond motifs is 1. The second-order valence-corrected chi connectivity index (χ2v) is 7.44. The summed E-state index contributed by atoms with van der Waals surface area (Å²) in [5.41, 5.74) is 1.81. The Balaban J connectivity index is 1.70. The van der Waals surface area contributed by atoms with Crippen LogP contribution in [-0.4, -0.2) is 46.7 Å². The fourth-order valence-electron chi connectivity index (χ4n) is 3.22. The maximum atomic E-state index is 12.5. The van der Waals surface area contributed by atoms with Crippen molar-refractivity contribution < 1.29 is 9.53 Å². The van der Waals surface area contributed by atoms with Crippen molar-refractivity contribution in [3.05, 3.63) is 48.5 Å². The number of benzene rings is 2. The van der Waals surface area contributed by atoms with Gasteiger partial charge in [0.05, 0.1) is 18.4 Å².